The van der Waals surface area contributed by atoms with E-state index in [2.05, 4.69) is 43.4 Å². The molecule has 0 saturated carbocycles. The first-order chi connectivity index (χ1) is 7.66. The molecule has 0 aliphatic rings. The summed E-state index contributed by atoms with van der Waals surface area (Å²) >= 11 is 2.49. The molecule has 0 spiro atoms. The number of hydrogen-bond acceptors (Lipinski definition) is 2. The summed E-state index contributed by atoms with van der Waals surface area (Å²) in [5.74, 6) is 0.816. The number of halogens is 1. The van der Waals surface area contributed by atoms with Gasteiger partial charge < -0.3 is 9.47 Å². The standard InChI is InChI=1S/C13H27IO2/c1-4-5-8-15-11-16-9-6-7-12(2)10-13(3)14/h12-13H,4-11H2,1-3H3. The van der Waals surface area contributed by atoms with Gasteiger partial charge in [0.1, 0.15) is 6.79 Å². The van der Waals surface area contributed by atoms with Crippen LogP contribution in [0.5, 0.6) is 0 Å². The fraction of sp³-hybridized carbons (Fsp3) is 1.00. The zero-order chi connectivity index (χ0) is 12.2. The van der Waals surface area contributed by atoms with Crippen LogP contribution in [0.15, 0.2) is 0 Å². The molecule has 98 valence electrons. The quantitative estimate of drug-likeness (QED) is 0.240. The van der Waals surface area contributed by atoms with Crippen molar-refractivity contribution in [1.29, 1.82) is 0 Å². The van der Waals surface area contributed by atoms with Gasteiger partial charge in [-0.05, 0) is 31.6 Å². The predicted molar refractivity (Wildman–Crippen MR) is 78.2 cm³/mol. The van der Waals surface area contributed by atoms with E-state index in [1.54, 1.807) is 0 Å². The van der Waals surface area contributed by atoms with Gasteiger partial charge in [0.05, 0.1) is 0 Å². The molecule has 2 nitrogen and oxygen atoms in total. The molecular weight excluding hydrogens is 315 g/mol. The third kappa shape index (κ3) is 12.7. The third-order valence-electron chi connectivity index (χ3n) is 2.52. The number of alkyl halides is 1. The monoisotopic (exact) mass is 342 g/mol. The van der Waals surface area contributed by atoms with E-state index in [-0.39, 0.29) is 0 Å². The Hall–Kier alpha value is 0.650. The van der Waals surface area contributed by atoms with Crippen molar-refractivity contribution in [3.05, 3.63) is 0 Å². The lowest BCUT2D eigenvalue weighted by Gasteiger charge is -2.12. The van der Waals surface area contributed by atoms with Crippen LogP contribution < -0.4 is 0 Å². The fourth-order valence-corrected chi connectivity index (χ4v) is 2.50. The van der Waals surface area contributed by atoms with Crippen LogP contribution >= 0.6 is 22.6 Å². The first kappa shape index (κ1) is 16.6. The number of unbranched alkanes of at least 4 members (excludes halogenated alkanes) is 1. The van der Waals surface area contributed by atoms with E-state index in [1.165, 1.54) is 19.3 Å². The molecule has 0 heterocycles. The average molecular weight is 342 g/mol. The maximum Gasteiger partial charge on any atom is 0.146 e. The SMILES string of the molecule is CCCCOCOCCCC(C)CC(C)I. The Labute approximate surface area is 115 Å². The largest absolute Gasteiger partial charge is 0.355 e. The second-order valence-corrected chi connectivity index (χ2v) is 6.68. The highest BCUT2D eigenvalue weighted by Crippen LogP contribution is 2.17. The van der Waals surface area contributed by atoms with Gasteiger partial charge >= 0.3 is 0 Å². The van der Waals surface area contributed by atoms with Crippen LogP contribution in [0.1, 0.15) is 52.9 Å². The van der Waals surface area contributed by atoms with E-state index >= 15 is 0 Å². The lowest BCUT2D eigenvalue weighted by atomic mass is 10.0. The molecular formula is C13H27IO2. The van der Waals surface area contributed by atoms with E-state index in [0.29, 0.717) is 6.79 Å². The highest BCUT2D eigenvalue weighted by atomic mass is 127. The number of rotatable bonds is 11. The van der Waals surface area contributed by atoms with E-state index in [0.717, 1.165) is 35.9 Å². The number of ether oxygens (including phenoxy) is 2. The Morgan fingerprint density at radius 1 is 1.06 bits per heavy atom. The highest BCUT2D eigenvalue weighted by molar-refractivity contribution is 14.1. The minimum Gasteiger partial charge on any atom is -0.355 e. The van der Waals surface area contributed by atoms with E-state index in [4.69, 9.17) is 9.47 Å². The van der Waals surface area contributed by atoms with Crippen molar-refractivity contribution >= 4 is 22.6 Å². The number of hydrogen-bond donors (Lipinski definition) is 0. The van der Waals surface area contributed by atoms with Crippen molar-refractivity contribution in [3.8, 4) is 0 Å². The Morgan fingerprint density at radius 2 is 1.69 bits per heavy atom. The van der Waals surface area contributed by atoms with Gasteiger partial charge in [-0.15, -0.1) is 0 Å². The molecule has 3 heteroatoms. The first-order valence-corrected chi connectivity index (χ1v) is 7.71. The van der Waals surface area contributed by atoms with Gasteiger partial charge in [-0.2, -0.15) is 0 Å². The lowest BCUT2D eigenvalue weighted by molar-refractivity contribution is -0.0558. The zero-order valence-electron chi connectivity index (χ0n) is 11.0. The van der Waals surface area contributed by atoms with Crippen molar-refractivity contribution in [2.75, 3.05) is 20.0 Å². The van der Waals surface area contributed by atoms with Crippen molar-refractivity contribution in [3.63, 3.8) is 0 Å². The Bertz CT molecular complexity index is 140. The van der Waals surface area contributed by atoms with Crippen LogP contribution in [0, 0.1) is 5.92 Å². The Kier molecular flexibility index (Phi) is 12.6. The highest BCUT2D eigenvalue weighted by Gasteiger charge is 2.05. The molecule has 0 aliphatic carbocycles. The topological polar surface area (TPSA) is 18.5 Å². The van der Waals surface area contributed by atoms with Crippen LogP contribution in [0.2, 0.25) is 0 Å². The van der Waals surface area contributed by atoms with Gasteiger partial charge in [-0.3, -0.25) is 0 Å². The second-order valence-electron chi connectivity index (χ2n) is 4.55. The smallest absolute Gasteiger partial charge is 0.146 e. The van der Waals surface area contributed by atoms with Crippen LogP contribution in [-0.2, 0) is 9.47 Å². The van der Waals surface area contributed by atoms with Gasteiger partial charge in [-0.1, -0.05) is 49.8 Å². The second kappa shape index (κ2) is 12.1. The summed E-state index contributed by atoms with van der Waals surface area (Å²) in [5.41, 5.74) is 0. The molecule has 0 saturated heterocycles. The summed E-state index contributed by atoms with van der Waals surface area (Å²) in [5, 5.41) is 0. The van der Waals surface area contributed by atoms with Crippen LogP contribution in [0.25, 0.3) is 0 Å². The van der Waals surface area contributed by atoms with Crippen molar-refractivity contribution < 1.29 is 9.47 Å². The lowest BCUT2D eigenvalue weighted by Crippen LogP contribution is -2.06. The molecule has 0 N–H and O–H groups in total. The van der Waals surface area contributed by atoms with Crippen LogP contribution in [-0.4, -0.2) is 23.9 Å². The first-order valence-electron chi connectivity index (χ1n) is 6.46. The van der Waals surface area contributed by atoms with E-state index in [1.807, 2.05) is 0 Å². The maximum atomic E-state index is 5.41. The molecule has 0 aliphatic heterocycles. The predicted octanol–water partition coefficient (Wildman–Crippen LogP) is 4.41. The summed E-state index contributed by atoms with van der Waals surface area (Å²) < 4.78 is 11.5. The minimum atomic E-state index is 0.469. The summed E-state index contributed by atoms with van der Waals surface area (Å²) in [7, 11) is 0. The summed E-state index contributed by atoms with van der Waals surface area (Å²) in [6.45, 7) is 8.91. The van der Waals surface area contributed by atoms with Crippen molar-refractivity contribution in [2.45, 2.75) is 56.8 Å². The molecule has 2 unspecified atom stereocenters. The van der Waals surface area contributed by atoms with Crippen LogP contribution in [0.3, 0.4) is 0 Å². The Morgan fingerprint density at radius 3 is 2.25 bits per heavy atom. The molecule has 16 heavy (non-hydrogen) atoms. The fourth-order valence-electron chi connectivity index (χ4n) is 1.63. The summed E-state index contributed by atoms with van der Waals surface area (Å²) in [4.78, 5) is 0. The van der Waals surface area contributed by atoms with E-state index in [9.17, 15) is 0 Å². The molecule has 0 amide bonds. The average Bonchev–Trinajstić information content (AvgIpc) is 2.21. The molecule has 0 radical (unpaired) electrons. The van der Waals surface area contributed by atoms with Gasteiger partial charge in [0, 0.05) is 17.1 Å². The van der Waals surface area contributed by atoms with Gasteiger partial charge in [0.2, 0.25) is 0 Å². The molecule has 0 bridgehead atoms. The van der Waals surface area contributed by atoms with Gasteiger partial charge in [-0.25, -0.2) is 0 Å². The molecule has 0 rings (SSSR count). The molecule has 2 atom stereocenters. The summed E-state index contributed by atoms with van der Waals surface area (Å²) in [6, 6.07) is 0. The molecule has 0 fully saturated rings. The molecule has 0 aromatic rings. The van der Waals surface area contributed by atoms with Crippen molar-refractivity contribution in [1.82, 2.24) is 0 Å². The minimum absolute atomic E-state index is 0.469. The molecule has 0 aromatic heterocycles. The third-order valence-corrected chi connectivity index (χ3v) is 3.03. The summed E-state index contributed by atoms with van der Waals surface area (Å²) in [6.07, 6.45) is 6.05. The van der Waals surface area contributed by atoms with Gasteiger partial charge in [0.15, 0.2) is 0 Å². The van der Waals surface area contributed by atoms with Crippen LogP contribution in [0.4, 0.5) is 0 Å². The molecule has 0 aromatic carbocycles. The normalized spacial score (nSPS) is 15.0. The Balaban J connectivity index is 3.08. The van der Waals surface area contributed by atoms with E-state index < -0.39 is 0 Å². The van der Waals surface area contributed by atoms with Gasteiger partial charge in [0.25, 0.3) is 0 Å². The zero-order valence-corrected chi connectivity index (χ0v) is 13.2. The maximum absolute atomic E-state index is 5.41. The van der Waals surface area contributed by atoms with Crippen molar-refractivity contribution in [2.24, 2.45) is 5.92 Å².